The van der Waals surface area contributed by atoms with Crippen LogP contribution >= 0.6 is 0 Å². The van der Waals surface area contributed by atoms with Crippen LogP contribution in [0.15, 0.2) is 30.3 Å². The molecular weight excluding hydrogens is 228 g/mol. The van der Waals surface area contributed by atoms with Gasteiger partial charge >= 0.3 is 0 Å². The maximum absolute atomic E-state index is 12.2. The number of ether oxygens (including phenoxy) is 1. The normalized spacial score (nSPS) is 16.9. The lowest BCUT2D eigenvalue weighted by atomic mass is 9.99. The first-order valence-corrected chi connectivity index (χ1v) is 6.11. The van der Waals surface area contributed by atoms with Crippen LogP contribution in [0.25, 0.3) is 0 Å². The van der Waals surface area contributed by atoms with Crippen molar-refractivity contribution in [3.63, 3.8) is 0 Å². The number of nitrogens with zero attached hydrogens (tertiary/aromatic N) is 2. The summed E-state index contributed by atoms with van der Waals surface area (Å²) in [5, 5.41) is 9.16. The second kappa shape index (κ2) is 6.18. The van der Waals surface area contributed by atoms with E-state index >= 15 is 0 Å². The molecule has 4 heteroatoms. The van der Waals surface area contributed by atoms with Gasteiger partial charge in [-0.25, -0.2) is 0 Å². The Kier molecular flexibility index (Phi) is 4.32. The molecule has 94 valence electrons. The highest BCUT2D eigenvalue weighted by Gasteiger charge is 2.25. The Balaban J connectivity index is 2.00. The number of benzene rings is 1. The van der Waals surface area contributed by atoms with Crippen LogP contribution in [0.3, 0.4) is 0 Å². The molecule has 0 aromatic heterocycles. The monoisotopic (exact) mass is 244 g/mol. The van der Waals surface area contributed by atoms with Crippen LogP contribution in [-0.2, 0) is 16.0 Å². The van der Waals surface area contributed by atoms with Crippen LogP contribution in [0, 0.1) is 17.2 Å². The van der Waals surface area contributed by atoms with Crippen molar-refractivity contribution in [2.45, 2.75) is 6.42 Å². The van der Waals surface area contributed by atoms with Gasteiger partial charge in [0, 0.05) is 13.1 Å². The molecule has 0 radical (unpaired) electrons. The predicted octanol–water partition coefficient (Wildman–Crippen LogP) is 1.23. The third-order valence-electron chi connectivity index (χ3n) is 3.06. The summed E-state index contributed by atoms with van der Waals surface area (Å²) in [4.78, 5) is 13.9. The Hall–Kier alpha value is -1.86. The SMILES string of the molecule is N#CC(Cc1ccccc1)C(=O)N1CCOCC1. The Labute approximate surface area is 107 Å². The van der Waals surface area contributed by atoms with Gasteiger partial charge in [0.05, 0.1) is 19.3 Å². The summed E-state index contributed by atoms with van der Waals surface area (Å²) in [6, 6.07) is 11.8. The molecule has 18 heavy (non-hydrogen) atoms. The molecule has 0 N–H and O–H groups in total. The molecule has 1 amide bonds. The summed E-state index contributed by atoms with van der Waals surface area (Å²) in [5.74, 6) is -0.671. The minimum atomic E-state index is -0.592. The Bertz CT molecular complexity index is 433. The molecule has 1 saturated heterocycles. The standard InChI is InChI=1S/C14H16N2O2/c15-11-13(10-12-4-2-1-3-5-12)14(17)16-6-8-18-9-7-16/h1-5,13H,6-10H2. The maximum atomic E-state index is 12.2. The first-order chi connectivity index (χ1) is 8.81. The van der Waals surface area contributed by atoms with E-state index in [9.17, 15) is 4.79 Å². The fraction of sp³-hybridized carbons (Fsp3) is 0.429. The quantitative estimate of drug-likeness (QED) is 0.803. The summed E-state index contributed by atoms with van der Waals surface area (Å²) in [6.45, 7) is 2.31. The number of carbonyl (C=O) groups excluding carboxylic acids is 1. The molecule has 1 fully saturated rings. The number of hydrogen-bond acceptors (Lipinski definition) is 3. The second-order valence-corrected chi connectivity index (χ2v) is 4.31. The van der Waals surface area contributed by atoms with Crippen molar-refractivity contribution >= 4 is 5.91 Å². The van der Waals surface area contributed by atoms with Crippen LogP contribution in [0.5, 0.6) is 0 Å². The molecule has 1 heterocycles. The van der Waals surface area contributed by atoms with Crippen LogP contribution in [-0.4, -0.2) is 37.1 Å². The highest BCUT2D eigenvalue weighted by atomic mass is 16.5. The second-order valence-electron chi connectivity index (χ2n) is 4.31. The molecule has 1 atom stereocenters. The third-order valence-corrected chi connectivity index (χ3v) is 3.06. The zero-order valence-electron chi connectivity index (χ0n) is 10.2. The van der Waals surface area contributed by atoms with E-state index in [0.717, 1.165) is 5.56 Å². The molecule has 1 unspecified atom stereocenters. The van der Waals surface area contributed by atoms with E-state index in [1.54, 1.807) is 4.90 Å². The van der Waals surface area contributed by atoms with Crippen LogP contribution in [0.2, 0.25) is 0 Å². The Morgan fingerprint density at radius 1 is 1.33 bits per heavy atom. The zero-order chi connectivity index (χ0) is 12.8. The molecule has 2 rings (SSSR count). The molecule has 1 aromatic carbocycles. The lowest BCUT2D eigenvalue weighted by Crippen LogP contribution is -2.43. The number of hydrogen-bond donors (Lipinski definition) is 0. The van der Waals surface area contributed by atoms with E-state index in [4.69, 9.17) is 10.00 Å². The number of nitriles is 1. The van der Waals surface area contributed by atoms with E-state index in [-0.39, 0.29) is 5.91 Å². The van der Waals surface area contributed by atoms with Crippen LogP contribution in [0.4, 0.5) is 0 Å². The lowest BCUT2D eigenvalue weighted by molar-refractivity contribution is -0.137. The van der Waals surface area contributed by atoms with Crippen molar-refractivity contribution in [1.29, 1.82) is 5.26 Å². The van der Waals surface area contributed by atoms with E-state index in [0.29, 0.717) is 32.7 Å². The molecule has 0 spiro atoms. The van der Waals surface area contributed by atoms with E-state index < -0.39 is 5.92 Å². The number of rotatable bonds is 3. The minimum Gasteiger partial charge on any atom is -0.378 e. The molecule has 1 aliphatic heterocycles. The molecule has 0 bridgehead atoms. The van der Waals surface area contributed by atoms with Gasteiger partial charge in [0.1, 0.15) is 5.92 Å². The maximum Gasteiger partial charge on any atom is 0.240 e. The summed E-state index contributed by atoms with van der Waals surface area (Å²) < 4.78 is 5.20. The number of morpholine rings is 1. The van der Waals surface area contributed by atoms with Crippen LogP contribution in [0.1, 0.15) is 5.56 Å². The fourth-order valence-electron chi connectivity index (χ4n) is 2.04. The average Bonchev–Trinajstić information content (AvgIpc) is 2.46. The smallest absolute Gasteiger partial charge is 0.240 e. The van der Waals surface area contributed by atoms with Crippen molar-refractivity contribution in [2.24, 2.45) is 5.92 Å². The van der Waals surface area contributed by atoms with Crippen molar-refractivity contribution in [1.82, 2.24) is 4.90 Å². The van der Waals surface area contributed by atoms with Gasteiger partial charge < -0.3 is 9.64 Å². The highest BCUT2D eigenvalue weighted by molar-refractivity contribution is 5.81. The highest BCUT2D eigenvalue weighted by Crippen LogP contribution is 2.12. The van der Waals surface area contributed by atoms with Gasteiger partial charge in [-0.2, -0.15) is 5.26 Å². The topological polar surface area (TPSA) is 53.3 Å². The van der Waals surface area contributed by atoms with E-state index in [1.807, 2.05) is 30.3 Å². The molecule has 0 aliphatic carbocycles. The molecule has 0 saturated carbocycles. The summed E-state index contributed by atoms with van der Waals surface area (Å²) in [7, 11) is 0. The lowest BCUT2D eigenvalue weighted by Gasteiger charge is -2.28. The van der Waals surface area contributed by atoms with Gasteiger partial charge in [0.25, 0.3) is 0 Å². The Morgan fingerprint density at radius 2 is 2.00 bits per heavy atom. The first-order valence-electron chi connectivity index (χ1n) is 6.11. The van der Waals surface area contributed by atoms with Crippen LogP contribution < -0.4 is 0 Å². The average molecular weight is 244 g/mol. The van der Waals surface area contributed by atoms with E-state index in [2.05, 4.69) is 6.07 Å². The minimum absolute atomic E-state index is 0.0790. The summed E-state index contributed by atoms with van der Waals surface area (Å²) >= 11 is 0. The molecule has 1 aromatic rings. The van der Waals surface area contributed by atoms with Crippen molar-refractivity contribution in [3.05, 3.63) is 35.9 Å². The largest absolute Gasteiger partial charge is 0.378 e. The molecular formula is C14H16N2O2. The van der Waals surface area contributed by atoms with Gasteiger partial charge in [-0.1, -0.05) is 30.3 Å². The van der Waals surface area contributed by atoms with Crippen molar-refractivity contribution in [2.75, 3.05) is 26.3 Å². The van der Waals surface area contributed by atoms with Gasteiger partial charge in [0.15, 0.2) is 0 Å². The summed E-state index contributed by atoms with van der Waals surface area (Å²) in [5.41, 5.74) is 1.02. The van der Waals surface area contributed by atoms with Gasteiger partial charge in [0.2, 0.25) is 5.91 Å². The number of amides is 1. The van der Waals surface area contributed by atoms with Gasteiger partial charge in [-0.15, -0.1) is 0 Å². The predicted molar refractivity (Wildman–Crippen MR) is 66.6 cm³/mol. The molecule has 4 nitrogen and oxygen atoms in total. The van der Waals surface area contributed by atoms with E-state index in [1.165, 1.54) is 0 Å². The van der Waals surface area contributed by atoms with Gasteiger partial charge in [-0.05, 0) is 12.0 Å². The third kappa shape index (κ3) is 3.08. The number of carbonyl (C=O) groups is 1. The summed E-state index contributed by atoms with van der Waals surface area (Å²) in [6.07, 6.45) is 0.480. The van der Waals surface area contributed by atoms with Crippen molar-refractivity contribution in [3.8, 4) is 6.07 Å². The first kappa shape index (κ1) is 12.6. The zero-order valence-corrected chi connectivity index (χ0v) is 10.2. The van der Waals surface area contributed by atoms with Crippen molar-refractivity contribution < 1.29 is 9.53 Å². The fourth-order valence-corrected chi connectivity index (χ4v) is 2.04. The van der Waals surface area contributed by atoms with Gasteiger partial charge in [-0.3, -0.25) is 4.79 Å². The Morgan fingerprint density at radius 3 is 2.61 bits per heavy atom. The molecule has 1 aliphatic rings.